The molecule has 1 heteroatoms. The van der Waals surface area contributed by atoms with Crippen LogP contribution in [0.3, 0.4) is 0 Å². The van der Waals surface area contributed by atoms with Crippen molar-refractivity contribution in [2.75, 3.05) is 0 Å². The van der Waals surface area contributed by atoms with Crippen molar-refractivity contribution in [2.45, 2.75) is 59.5 Å². The molecule has 0 spiro atoms. The lowest BCUT2D eigenvalue weighted by molar-refractivity contribution is 0.197. The quantitative estimate of drug-likeness (QED) is 0.523. The molecule has 2 unspecified atom stereocenters. The van der Waals surface area contributed by atoms with Gasteiger partial charge in [0.05, 0.1) is 0 Å². The van der Waals surface area contributed by atoms with Crippen molar-refractivity contribution in [3.63, 3.8) is 0 Å². The first-order chi connectivity index (χ1) is 7.10. The maximum Gasteiger partial charge on any atom is 0.115 e. The van der Waals surface area contributed by atoms with Gasteiger partial charge in [0, 0.05) is 0 Å². The summed E-state index contributed by atoms with van der Waals surface area (Å²) in [4.78, 5) is 0. The molecule has 2 atom stereocenters. The summed E-state index contributed by atoms with van der Waals surface area (Å²) in [5, 5.41) is 9.49. The standard InChI is InChI=1S/C14H24O/c1-5-8-14(15)11-13(4)10-7-9-12(3)6-2/h9,13-15H,6-7,10-11H2,1-4H3. The van der Waals surface area contributed by atoms with Gasteiger partial charge in [-0.25, -0.2) is 0 Å². The van der Waals surface area contributed by atoms with Gasteiger partial charge in [-0.3, -0.25) is 0 Å². The molecule has 0 aliphatic rings. The number of rotatable bonds is 6. The van der Waals surface area contributed by atoms with E-state index in [0.717, 1.165) is 25.7 Å². The molecule has 0 amide bonds. The predicted octanol–water partition coefficient (Wildman–Crippen LogP) is 3.53. The lowest BCUT2D eigenvalue weighted by atomic mass is 9.97. The second-order valence-electron chi connectivity index (χ2n) is 4.23. The summed E-state index contributed by atoms with van der Waals surface area (Å²) in [7, 11) is 0. The van der Waals surface area contributed by atoms with Crippen molar-refractivity contribution < 1.29 is 5.11 Å². The molecule has 0 rings (SSSR count). The fourth-order valence-corrected chi connectivity index (χ4v) is 1.48. The Hall–Kier alpha value is -0.740. The highest BCUT2D eigenvalue weighted by molar-refractivity contribution is 5.02. The molecule has 15 heavy (non-hydrogen) atoms. The lowest BCUT2D eigenvalue weighted by Gasteiger charge is -2.11. The van der Waals surface area contributed by atoms with Crippen LogP contribution in [0.2, 0.25) is 0 Å². The normalized spacial score (nSPS) is 15.4. The van der Waals surface area contributed by atoms with Gasteiger partial charge in [-0.15, -0.1) is 5.92 Å². The van der Waals surface area contributed by atoms with Crippen LogP contribution in [0.1, 0.15) is 53.4 Å². The zero-order valence-corrected chi connectivity index (χ0v) is 10.5. The van der Waals surface area contributed by atoms with Crippen LogP contribution in [-0.4, -0.2) is 11.2 Å². The van der Waals surface area contributed by atoms with Crippen LogP contribution in [0.25, 0.3) is 0 Å². The Balaban J connectivity index is 3.73. The van der Waals surface area contributed by atoms with E-state index in [1.807, 2.05) is 0 Å². The second-order valence-corrected chi connectivity index (χ2v) is 4.23. The molecular formula is C14H24O. The summed E-state index contributed by atoms with van der Waals surface area (Å²) in [5.74, 6) is 6.06. The molecule has 0 saturated heterocycles. The van der Waals surface area contributed by atoms with Crippen molar-refractivity contribution in [1.82, 2.24) is 0 Å². The minimum atomic E-state index is -0.443. The van der Waals surface area contributed by atoms with Gasteiger partial charge in [-0.2, -0.15) is 0 Å². The van der Waals surface area contributed by atoms with Crippen LogP contribution in [0.15, 0.2) is 11.6 Å². The average Bonchev–Trinajstić information content (AvgIpc) is 2.17. The minimum absolute atomic E-state index is 0.443. The van der Waals surface area contributed by atoms with E-state index in [1.165, 1.54) is 5.57 Å². The van der Waals surface area contributed by atoms with Gasteiger partial charge in [0.25, 0.3) is 0 Å². The van der Waals surface area contributed by atoms with Gasteiger partial charge < -0.3 is 5.11 Å². The molecule has 0 aliphatic carbocycles. The third-order valence-corrected chi connectivity index (χ3v) is 2.65. The van der Waals surface area contributed by atoms with Crippen molar-refractivity contribution in [3.8, 4) is 11.8 Å². The van der Waals surface area contributed by atoms with Crippen LogP contribution in [0.4, 0.5) is 0 Å². The van der Waals surface area contributed by atoms with Crippen molar-refractivity contribution >= 4 is 0 Å². The topological polar surface area (TPSA) is 20.2 Å². The minimum Gasteiger partial charge on any atom is -0.380 e. The van der Waals surface area contributed by atoms with E-state index in [-0.39, 0.29) is 0 Å². The second kappa shape index (κ2) is 8.56. The summed E-state index contributed by atoms with van der Waals surface area (Å²) in [6.07, 6.45) is 6.04. The van der Waals surface area contributed by atoms with Crippen LogP contribution < -0.4 is 0 Å². The Kier molecular flexibility index (Phi) is 8.14. The van der Waals surface area contributed by atoms with Gasteiger partial charge in [0.2, 0.25) is 0 Å². The van der Waals surface area contributed by atoms with Crippen molar-refractivity contribution in [1.29, 1.82) is 0 Å². The zero-order valence-electron chi connectivity index (χ0n) is 10.5. The van der Waals surface area contributed by atoms with Crippen LogP contribution in [-0.2, 0) is 0 Å². The van der Waals surface area contributed by atoms with Gasteiger partial charge in [0.1, 0.15) is 6.10 Å². The molecule has 0 heterocycles. The summed E-state index contributed by atoms with van der Waals surface area (Å²) in [6.45, 7) is 8.29. The van der Waals surface area contributed by atoms with E-state index in [0.29, 0.717) is 5.92 Å². The molecule has 0 radical (unpaired) electrons. The molecule has 0 aromatic carbocycles. The fourth-order valence-electron chi connectivity index (χ4n) is 1.48. The molecule has 1 nitrogen and oxygen atoms in total. The van der Waals surface area contributed by atoms with Gasteiger partial charge >= 0.3 is 0 Å². The summed E-state index contributed by atoms with van der Waals surface area (Å²) in [5.41, 5.74) is 1.45. The van der Waals surface area contributed by atoms with E-state index in [9.17, 15) is 5.11 Å². The monoisotopic (exact) mass is 208 g/mol. The molecule has 0 fully saturated rings. The van der Waals surface area contributed by atoms with Crippen LogP contribution in [0, 0.1) is 17.8 Å². The predicted molar refractivity (Wildman–Crippen MR) is 66.5 cm³/mol. The summed E-state index contributed by atoms with van der Waals surface area (Å²) in [6, 6.07) is 0. The molecule has 0 aromatic heterocycles. The van der Waals surface area contributed by atoms with Crippen LogP contribution in [0.5, 0.6) is 0 Å². The Morgan fingerprint density at radius 1 is 1.47 bits per heavy atom. The molecule has 0 aromatic rings. The van der Waals surface area contributed by atoms with E-state index in [1.54, 1.807) is 6.92 Å². The third-order valence-electron chi connectivity index (χ3n) is 2.65. The first-order valence-electron chi connectivity index (χ1n) is 5.86. The SMILES string of the molecule is CC#CC(O)CC(C)CCC=C(C)CC. The molecule has 1 N–H and O–H groups in total. The van der Waals surface area contributed by atoms with Gasteiger partial charge in [0.15, 0.2) is 0 Å². The highest BCUT2D eigenvalue weighted by Crippen LogP contribution is 2.14. The zero-order chi connectivity index (χ0) is 11.7. The number of aliphatic hydroxyl groups excluding tert-OH is 1. The number of allylic oxidation sites excluding steroid dienone is 2. The number of aliphatic hydroxyl groups is 1. The van der Waals surface area contributed by atoms with Gasteiger partial charge in [-0.1, -0.05) is 31.4 Å². The maximum absolute atomic E-state index is 9.49. The Morgan fingerprint density at radius 2 is 2.13 bits per heavy atom. The first-order valence-corrected chi connectivity index (χ1v) is 5.86. The smallest absolute Gasteiger partial charge is 0.115 e. The van der Waals surface area contributed by atoms with Crippen LogP contribution >= 0.6 is 0 Å². The van der Waals surface area contributed by atoms with Crippen molar-refractivity contribution in [2.24, 2.45) is 5.92 Å². The molecular weight excluding hydrogens is 184 g/mol. The lowest BCUT2D eigenvalue weighted by Crippen LogP contribution is -2.09. The maximum atomic E-state index is 9.49. The molecule has 0 saturated carbocycles. The fraction of sp³-hybridized carbons (Fsp3) is 0.714. The third kappa shape index (κ3) is 8.27. The van der Waals surface area contributed by atoms with E-state index >= 15 is 0 Å². The highest BCUT2D eigenvalue weighted by Gasteiger charge is 2.06. The first kappa shape index (κ1) is 14.3. The van der Waals surface area contributed by atoms with Crippen molar-refractivity contribution in [3.05, 3.63) is 11.6 Å². The molecule has 0 bridgehead atoms. The van der Waals surface area contributed by atoms with E-state index in [4.69, 9.17) is 0 Å². The summed E-state index contributed by atoms with van der Waals surface area (Å²) < 4.78 is 0. The number of hydrogen-bond acceptors (Lipinski definition) is 1. The highest BCUT2D eigenvalue weighted by atomic mass is 16.3. The largest absolute Gasteiger partial charge is 0.380 e. The molecule has 86 valence electrons. The Bertz CT molecular complexity index is 242. The number of hydrogen-bond donors (Lipinski definition) is 1. The van der Waals surface area contributed by atoms with E-state index in [2.05, 4.69) is 38.7 Å². The molecule has 0 aliphatic heterocycles. The Morgan fingerprint density at radius 3 is 2.67 bits per heavy atom. The Labute approximate surface area is 94.6 Å². The average molecular weight is 208 g/mol. The summed E-state index contributed by atoms with van der Waals surface area (Å²) >= 11 is 0. The van der Waals surface area contributed by atoms with Gasteiger partial charge in [-0.05, 0) is 45.4 Å². The van der Waals surface area contributed by atoms with E-state index < -0.39 is 6.10 Å².